The van der Waals surface area contributed by atoms with E-state index in [1.165, 1.54) is 7.11 Å². The first-order valence-corrected chi connectivity index (χ1v) is 6.21. The minimum absolute atomic E-state index is 0.192. The summed E-state index contributed by atoms with van der Waals surface area (Å²) in [5.41, 5.74) is -0.152. The molecular formula is C13H12BrNO3. The molecule has 2 rings (SSSR count). The van der Waals surface area contributed by atoms with Crippen LogP contribution in [0.4, 0.5) is 0 Å². The number of methoxy groups -OCH3 is 1. The van der Waals surface area contributed by atoms with E-state index in [4.69, 9.17) is 4.74 Å². The van der Waals surface area contributed by atoms with Gasteiger partial charge in [0, 0.05) is 11.6 Å². The maximum absolute atomic E-state index is 11.4. The zero-order chi connectivity index (χ0) is 13.2. The molecule has 1 atom stereocenters. The summed E-state index contributed by atoms with van der Waals surface area (Å²) < 4.78 is 5.99. The Labute approximate surface area is 113 Å². The predicted octanol–water partition coefficient (Wildman–Crippen LogP) is 3.37. The summed E-state index contributed by atoms with van der Waals surface area (Å²) in [4.78, 5) is 11.1. The highest BCUT2D eigenvalue weighted by atomic mass is 79.9. The fraction of sp³-hybridized carbons (Fsp3) is 0.231. The molecule has 0 spiro atoms. The van der Waals surface area contributed by atoms with E-state index in [0.717, 1.165) is 10.0 Å². The van der Waals surface area contributed by atoms with Crippen LogP contribution in [-0.4, -0.2) is 17.8 Å². The maximum Gasteiger partial charge on any atom is 0.356 e. The quantitative estimate of drug-likeness (QED) is 0.488. The molecule has 1 aromatic rings. The highest BCUT2D eigenvalue weighted by Crippen LogP contribution is 2.40. The van der Waals surface area contributed by atoms with Gasteiger partial charge in [0.2, 0.25) is 0 Å². The molecule has 0 radical (unpaired) electrons. The summed E-state index contributed by atoms with van der Waals surface area (Å²) in [5.74, 6) is 0. The van der Waals surface area contributed by atoms with Crippen LogP contribution in [0.2, 0.25) is 0 Å². The second-order valence-electron chi connectivity index (χ2n) is 3.98. The molecule has 0 heterocycles. The van der Waals surface area contributed by atoms with Crippen LogP contribution in [-0.2, 0) is 4.74 Å². The zero-order valence-corrected chi connectivity index (χ0v) is 11.4. The molecule has 0 N–H and O–H groups in total. The van der Waals surface area contributed by atoms with E-state index >= 15 is 0 Å². The monoisotopic (exact) mass is 309 g/mol. The summed E-state index contributed by atoms with van der Waals surface area (Å²) in [6.07, 6.45) is 3.75. The van der Waals surface area contributed by atoms with Crippen molar-refractivity contribution in [3.63, 3.8) is 0 Å². The SMILES string of the molecule is COC1([N+](=O)[O-])CC(Br)=CC=C1c1ccccc1. The summed E-state index contributed by atoms with van der Waals surface area (Å²) in [6, 6.07) is 9.26. The van der Waals surface area contributed by atoms with Gasteiger partial charge in [-0.05, 0) is 11.6 Å². The van der Waals surface area contributed by atoms with Gasteiger partial charge in [0.15, 0.2) is 0 Å². The predicted molar refractivity (Wildman–Crippen MR) is 72.8 cm³/mol. The minimum atomic E-state index is -1.52. The van der Waals surface area contributed by atoms with Crippen LogP contribution >= 0.6 is 15.9 Å². The van der Waals surface area contributed by atoms with Crippen LogP contribution in [0, 0.1) is 10.1 Å². The number of hydrogen-bond acceptors (Lipinski definition) is 3. The number of ether oxygens (including phenoxy) is 1. The lowest BCUT2D eigenvalue weighted by Gasteiger charge is -2.28. The van der Waals surface area contributed by atoms with E-state index in [-0.39, 0.29) is 11.3 Å². The lowest BCUT2D eigenvalue weighted by atomic mass is 9.89. The van der Waals surface area contributed by atoms with Crippen molar-refractivity contribution in [1.29, 1.82) is 0 Å². The van der Waals surface area contributed by atoms with E-state index in [1.54, 1.807) is 6.08 Å². The van der Waals surface area contributed by atoms with Crippen LogP contribution < -0.4 is 0 Å². The highest BCUT2D eigenvalue weighted by Gasteiger charge is 2.49. The van der Waals surface area contributed by atoms with E-state index < -0.39 is 5.72 Å². The normalized spacial score (nSPS) is 23.2. The molecule has 0 saturated heterocycles. The molecule has 0 fully saturated rings. The molecule has 1 aliphatic carbocycles. The molecule has 5 heteroatoms. The van der Waals surface area contributed by atoms with E-state index in [1.807, 2.05) is 36.4 Å². The molecule has 94 valence electrons. The topological polar surface area (TPSA) is 52.4 Å². The first-order chi connectivity index (χ1) is 8.60. The molecule has 18 heavy (non-hydrogen) atoms. The Morgan fingerprint density at radius 1 is 1.33 bits per heavy atom. The van der Waals surface area contributed by atoms with Gasteiger partial charge in [-0.25, -0.2) is 0 Å². The Kier molecular flexibility index (Phi) is 3.63. The van der Waals surface area contributed by atoms with E-state index in [0.29, 0.717) is 5.57 Å². The van der Waals surface area contributed by atoms with Gasteiger partial charge in [0.05, 0.1) is 16.9 Å². The molecule has 1 unspecified atom stereocenters. The smallest absolute Gasteiger partial charge is 0.314 e. The van der Waals surface area contributed by atoms with Gasteiger partial charge in [-0.1, -0.05) is 52.3 Å². The number of halogens is 1. The lowest BCUT2D eigenvalue weighted by Crippen LogP contribution is -2.42. The van der Waals surface area contributed by atoms with Crippen LogP contribution in [0.1, 0.15) is 12.0 Å². The number of nitro groups is 1. The Balaban J connectivity index is 2.57. The van der Waals surface area contributed by atoms with Crippen molar-refractivity contribution in [3.05, 3.63) is 62.6 Å². The van der Waals surface area contributed by atoms with Crippen LogP contribution in [0.15, 0.2) is 47.0 Å². The van der Waals surface area contributed by atoms with Crippen molar-refractivity contribution in [1.82, 2.24) is 0 Å². The third-order valence-electron chi connectivity index (χ3n) is 2.98. The lowest BCUT2D eigenvalue weighted by molar-refractivity contribution is -0.605. The number of nitrogens with zero attached hydrogens (tertiary/aromatic N) is 1. The highest BCUT2D eigenvalue weighted by molar-refractivity contribution is 9.11. The first-order valence-electron chi connectivity index (χ1n) is 5.42. The molecule has 1 aliphatic rings. The maximum atomic E-state index is 11.4. The van der Waals surface area contributed by atoms with Gasteiger partial charge < -0.3 is 4.74 Å². The summed E-state index contributed by atoms with van der Waals surface area (Å²) in [5, 5.41) is 11.4. The molecule has 0 saturated carbocycles. The van der Waals surface area contributed by atoms with Gasteiger partial charge in [0.1, 0.15) is 0 Å². The summed E-state index contributed by atoms with van der Waals surface area (Å²) in [6.45, 7) is 0. The molecule has 1 aromatic carbocycles. The van der Waals surface area contributed by atoms with Crippen molar-refractivity contribution < 1.29 is 9.66 Å². The molecule has 0 aliphatic heterocycles. The van der Waals surface area contributed by atoms with E-state index in [9.17, 15) is 10.1 Å². The standard InChI is InChI=1S/C13H12BrNO3/c1-18-13(15(16)17)9-11(14)7-8-12(13)10-5-3-2-4-6-10/h2-8H,9H2,1H3. The summed E-state index contributed by atoms with van der Waals surface area (Å²) in [7, 11) is 1.37. The zero-order valence-electron chi connectivity index (χ0n) is 9.80. The van der Waals surface area contributed by atoms with Crippen molar-refractivity contribution in [2.45, 2.75) is 12.1 Å². The van der Waals surface area contributed by atoms with Gasteiger partial charge >= 0.3 is 5.72 Å². The van der Waals surface area contributed by atoms with Crippen molar-refractivity contribution in [2.75, 3.05) is 7.11 Å². The van der Waals surface area contributed by atoms with Gasteiger partial charge in [-0.3, -0.25) is 10.1 Å². The van der Waals surface area contributed by atoms with Gasteiger partial charge in [-0.15, -0.1) is 0 Å². The van der Waals surface area contributed by atoms with Crippen molar-refractivity contribution in [3.8, 4) is 0 Å². The van der Waals surface area contributed by atoms with Crippen LogP contribution in [0.5, 0.6) is 0 Å². The average Bonchev–Trinajstić information content (AvgIpc) is 2.39. The Morgan fingerprint density at radius 3 is 2.56 bits per heavy atom. The third kappa shape index (κ3) is 2.11. The van der Waals surface area contributed by atoms with Crippen molar-refractivity contribution >= 4 is 21.5 Å². The molecule has 0 aromatic heterocycles. The van der Waals surface area contributed by atoms with Crippen molar-refractivity contribution in [2.24, 2.45) is 0 Å². The molecular weight excluding hydrogens is 298 g/mol. The largest absolute Gasteiger partial charge is 0.356 e. The van der Waals surface area contributed by atoms with Crippen LogP contribution in [0.3, 0.4) is 0 Å². The Hall–Kier alpha value is -1.46. The Bertz CT molecular complexity index is 524. The average molecular weight is 310 g/mol. The molecule has 0 bridgehead atoms. The summed E-state index contributed by atoms with van der Waals surface area (Å²) >= 11 is 3.31. The Morgan fingerprint density at radius 2 is 2.00 bits per heavy atom. The number of hydrogen-bond donors (Lipinski definition) is 0. The second-order valence-corrected chi connectivity index (χ2v) is 5.00. The molecule has 0 amide bonds. The fourth-order valence-corrected chi connectivity index (χ4v) is 2.56. The second kappa shape index (κ2) is 5.04. The van der Waals surface area contributed by atoms with Gasteiger partial charge in [0.25, 0.3) is 0 Å². The number of benzene rings is 1. The molecule has 4 nitrogen and oxygen atoms in total. The number of allylic oxidation sites excluding steroid dienone is 2. The fourth-order valence-electron chi connectivity index (χ4n) is 2.05. The van der Waals surface area contributed by atoms with E-state index in [2.05, 4.69) is 15.9 Å². The first kappa shape index (κ1) is 13.0. The number of rotatable bonds is 3. The third-order valence-corrected chi connectivity index (χ3v) is 3.52. The van der Waals surface area contributed by atoms with Crippen LogP contribution in [0.25, 0.3) is 5.57 Å². The minimum Gasteiger partial charge on any atom is -0.314 e. The van der Waals surface area contributed by atoms with Gasteiger partial charge in [-0.2, -0.15) is 0 Å².